The van der Waals surface area contributed by atoms with Crippen LogP contribution < -0.4 is 10.1 Å². The number of hydrogen-bond donors (Lipinski definition) is 1. The van der Waals surface area contributed by atoms with Gasteiger partial charge in [0.25, 0.3) is 0 Å². The Morgan fingerprint density at radius 3 is 2.96 bits per heavy atom. The number of ether oxygens (including phenoxy) is 1. The number of hydrogen-bond acceptors (Lipinski definition) is 3. The number of nitrogens with one attached hydrogen (secondary N) is 1. The molecular weight excluding hydrogens is 352 g/mol. The predicted molar refractivity (Wildman–Crippen MR) is 101 cm³/mol. The van der Waals surface area contributed by atoms with Crippen LogP contribution in [-0.4, -0.2) is 43.0 Å². The Morgan fingerprint density at radius 2 is 2.19 bits per heavy atom. The van der Waals surface area contributed by atoms with E-state index >= 15 is 0 Å². The minimum absolute atomic E-state index is 0.0115. The molecule has 3 rings (SSSR count). The van der Waals surface area contributed by atoms with Crippen molar-refractivity contribution in [2.75, 3.05) is 26.2 Å². The van der Waals surface area contributed by atoms with E-state index in [0.29, 0.717) is 37.1 Å². The van der Waals surface area contributed by atoms with Gasteiger partial charge in [0.15, 0.2) is 0 Å². The molecular formula is C20H27ClN2O3. The summed E-state index contributed by atoms with van der Waals surface area (Å²) in [6.07, 6.45) is 2.69. The third-order valence-electron chi connectivity index (χ3n) is 5.20. The second-order valence-corrected chi connectivity index (χ2v) is 8.09. The highest BCUT2D eigenvalue weighted by atomic mass is 35.5. The zero-order valence-corrected chi connectivity index (χ0v) is 16.2. The number of benzene rings is 1. The van der Waals surface area contributed by atoms with Crippen molar-refractivity contribution in [3.8, 4) is 5.75 Å². The van der Waals surface area contributed by atoms with Crippen LogP contribution in [-0.2, 0) is 16.0 Å². The molecule has 0 aliphatic carbocycles. The lowest BCUT2D eigenvalue weighted by atomic mass is 9.92. The predicted octanol–water partition coefficient (Wildman–Crippen LogP) is 2.90. The largest absolute Gasteiger partial charge is 0.492 e. The maximum absolute atomic E-state index is 13.0. The summed E-state index contributed by atoms with van der Waals surface area (Å²) in [7, 11) is 0. The first-order valence-electron chi connectivity index (χ1n) is 9.41. The standard InChI is InChI=1S/C20H27ClN2O3/c1-13(2)19(24)22-10-14-4-3-7-23(11-14)20(25)16-8-15-9-17(21)5-6-18(15)26-12-16/h5-6,9,13-14,16H,3-4,7-8,10-12H2,1-2H3,(H,22,24)/t14-,16-/m0/s1. The van der Waals surface area contributed by atoms with E-state index in [1.807, 2.05) is 36.9 Å². The molecule has 0 saturated carbocycles. The molecule has 2 amide bonds. The van der Waals surface area contributed by atoms with Crippen LogP contribution in [0.4, 0.5) is 0 Å². The molecule has 0 radical (unpaired) electrons. The first-order valence-corrected chi connectivity index (χ1v) is 9.79. The number of nitrogens with zero attached hydrogens (tertiary/aromatic N) is 1. The Balaban J connectivity index is 1.57. The molecule has 0 spiro atoms. The van der Waals surface area contributed by atoms with Crippen LogP contribution in [0.2, 0.25) is 5.02 Å². The van der Waals surface area contributed by atoms with Gasteiger partial charge in [-0.05, 0) is 48.9 Å². The minimum Gasteiger partial charge on any atom is -0.492 e. The highest BCUT2D eigenvalue weighted by Gasteiger charge is 2.32. The second-order valence-electron chi connectivity index (χ2n) is 7.66. The Morgan fingerprint density at radius 1 is 1.38 bits per heavy atom. The average molecular weight is 379 g/mol. The van der Waals surface area contributed by atoms with E-state index in [-0.39, 0.29) is 23.7 Å². The first kappa shape index (κ1) is 19.0. The van der Waals surface area contributed by atoms with Gasteiger partial charge in [-0.1, -0.05) is 25.4 Å². The Labute approximate surface area is 160 Å². The van der Waals surface area contributed by atoms with Crippen LogP contribution in [0, 0.1) is 17.8 Å². The molecule has 6 heteroatoms. The molecule has 26 heavy (non-hydrogen) atoms. The number of rotatable bonds is 4. The summed E-state index contributed by atoms with van der Waals surface area (Å²) in [6.45, 7) is 6.32. The van der Waals surface area contributed by atoms with Gasteiger partial charge in [0.1, 0.15) is 12.4 Å². The number of piperidine rings is 1. The van der Waals surface area contributed by atoms with Gasteiger partial charge in [-0.15, -0.1) is 0 Å². The molecule has 5 nitrogen and oxygen atoms in total. The van der Waals surface area contributed by atoms with E-state index in [2.05, 4.69) is 5.32 Å². The highest BCUT2D eigenvalue weighted by Crippen LogP contribution is 2.31. The topological polar surface area (TPSA) is 58.6 Å². The molecule has 1 fully saturated rings. The SMILES string of the molecule is CC(C)C(=O)NC[C@@H]1CCCN(C(=O)[C@@H]2COc3ccc(Cl)cc3C2)C1. The molecule has 2 aliphatic heterocycles. The number of halogens is 1. The van der Waals surface area contributed by atoms with Gasteiger partial charge < -0.3 is 15.0 Å². The minimum atomic E-state index is -0.162. The Kier molecular flexibility index (Phi) is 6.07. The highest BCUT2D eigenvalue weighted by molar-refractivity contribution is 6.30. The zero-order valence-electron chi connectivity index (χ0n) is 15.5. The van der Waals surface area contributed by atoms with Crippen LogP contribution in [0.1, 0.15) is 32.3 Å². The summed E-state index contributed by atoms with van der Waals surface area (Å²) in [5, 5.41) is 3.66. The van der Waals surface area contributed by atoms with E-state index in [4.69, 9.17) is 16.3 Å². The molecule has 0 unspecified atom stereocenters. The summed E-state index contributed by atoms with van der Waals surface area (Å²) < 4.78 is 5.77. The fourth-order valence-corrected chi connectivity index (χ4v) is 3.86. The average Bonchev–Trinajstić information content (AvgIpc) is 2.65. The van der Waals surface area contributed by atoms with Crippen molar-refractivity contribution in [1.82, 2.24) is 10.2 Å². The summed E-state index contributed by atoms with van der Waals surface area (Å²) >= 11 is 6.07. The maximum Gasteiger partial charge on any atom is 0.229 e. The second kappa shape index (κ2) is 8.30. The van der Waals surface area contributed by atoms with Gasteiger partial charge >= 0.3 is 0 Å². The van der Waals surface area contributed by atoms with Crippen LogP contribution in [0.3, 0.4) is 0 Å². The molecule has 2 heterocycles. The van der Waals surface area contributed by atoms with Gasteiger partial charge in [-0.3, -0.25) is 9.59 Å². The van der Waals surface area contributed by atoms with Gasteiger partial charge in [0, 0.05) is 30.6 Å². The fourth-order valence-electron chi connectivity index (χ4n) is 3.66. The normalized spacial score (nSPS) is 22.5. The lowest BCUT2D eigenvalue weighted by molar-refractivity contribution is -0.138. The van der Waals surface area contributed by atoms with Gasteiger partial charge in [-0.25, -0.2) is 0 Å². The van der Waals surface area contributed by atoms with E-state index in [9.17, 15) is 9.59 Å². The first-order chi connectivity index (χ1) is 12.4. The van der Waals surface area contributed by atoms with Crippen molar-refractivity contribution in [2.24, 2.45) is 17.8 Å². The molecule has 2 aliphatic rings. The van der Waals surface area contributed by atoms with Gasteiger partial charge in [-0.2, -0.15) is 0 Å². The van der Waals surface area contributed by atoms with E-state index in [1.54, 1.807) is 0 Å². The Bertz CT molecular complexity index is 677. The van der Waals surface area contributed by atoms with Crippen molar-refractivity contribution in [3.05, 3.63) is 28.8 Å². The number of likely N-dealkylation sites (tertiary alicyclic amines) is 1. The van der Waals surface area contributed by atoms with Crippen molar-refractivity contribution in [3.63, 3.8) is 0 Å². The molecule has 0 bridgehead atoms. The number of amides is 2. The lowest BCUT2D eigenvalue weighted by Crippen LogP contribution is -2.48. The van der Waals surface area contributed by atoms with Crippen molar-refractivity contribution in [1.29, 1.82) is 0 Å². The molecule has 0 aromatic heterocycles. The fraction of sp³-hybridized carbons (Fsp3) is 0.600. The van der Waals surface area contributed by atoms with Gasteiger partial charge in [0.05, 0.1) is 5.92 Å². The van der Waals surface area contributed by atoms with Gasteiger partial charge in [0.2, 0.25) is 11.8 Å². The van der Waals surface area contributed by atoms with Crippen LogP contribution in [0.5, 0.6) is 5.75 Å². The van der Waals surface area contributed by atoms with Crippen molar-refractivity contribution in [2.45, 2.75) is 33.1 Å². The number of carbonyl (C=O) groups excluding carboxylic acids is 2. The number of fused-ring (bicyclic) bond motifs is 1. The molecule has 1 aromatic carbocycles. The molecule has 1 saturated heterocycles. The van der Waals surface area contributed by atoms with E-state index in [0.717, 1.165) is 30.7 Å². The summed E-state index contributed by atoms with van der Waals surface area (Å²) in [6, 6.07) is 5.56. The zero-order chi connectivity index (χ0) is 18.7. The van der Waals surface area contributed by atoms with Crippen LogP contribution in [0.15, 0.2) is 18.2 Å². The van der Waals surface area contributed by atoms with E-state index < -0.39 is 0 Å². The summed E-state index contributed by atoms with van der Waals surface area (Å²) in [5.74, 6) is 1.19. The third kappa shape index (κ3) is 4.50. The Hall–Kier alpha value is -1.75. The summed E-state index contributed by atoms with van der Waals surface area (Å²) in [5.41, 5.74) is 1.000. The number of carbonyl (C=O) groups is 2. The third-order valence-corrected chi connectivity index (χ3v) is 5.43. The van der Waals surface area contributed by atoms with Crippen LogP contribution in [0.25, 0.3) is 0 Å². The molecule has 1 N–H and O–H groups in total. The molecule has 1 aromatic rings. The van der Waals surface area contributed by atoms with Crippen molar-refractivity contribution < 1.29 is 14.3 Å². The monoisotopic (exact) mass is 378 g/mol. The maximum atomic E-state index is 13.0. The molecule has 142 valence electrons. The lowest BCUT2D eigenvalue weighted by Gasteiger charge is -2.36. The quantitative estimate of drug-likeness (QED) is 0.876. The van der Waals surface area contributed by atoms with Crippen LogP contribution >= 0.6 is 11.6 Å². The smallest absolute Gasteiger partial charge is 0.229 e. The van der Waals surface area contributed by atoms with E-state index in [1.165, 1.54) is 0 Å². The molecule has 2 atom stereocenters. The van der Waals surface area contributed by atoms with Crippen molar-refractivity contribution >= 4 is 23.4 Å². The summed E-state index contributed by atoms with van der Waals surface area (Å²) in [4.78, 5) is 26.7.